The molecule has 0 aliphatic heterocycles. The fraction of sp³-hybridized carbons (Fsp3) is 0.333. The fourth-order valence-corrected chi connectivity index (χ4v) is 2.37. The van der Waals surface area contributed by atoms with Crippen LogP contribution in [0.25, 0.3) is 0 Å². The quantitative estimate of drug-likeness (QED) is 0.784. The minimum Gasteiger partial charge on any atom is -0.452 e. The largest absolute Gasteiger partial charge is 0.452 e. The second-order valence-electron chi connectivity index (χ2n) is 6.44. The number of hydrogen-bond donors (Lipinski definition) is 1. The van der Waals surface area contributed by atoms with Gasteiger partial charge in [0.15, 0.2) is 6.61 Å². The summed E-state index contributed by atoms with van der Waals surface area (Å²) >= 11 is 0. The topological polar surface area (TPSA) is 55.4 Å². The van der Waals surface area contributed by atoms with Gasteiger partial charge in [0.05, 0.1) is 5.56 Å². The van der Waals surface area contributed by atoms with Gasteiger partial charge in [0.2, 0.25) is 0 Å². The maximum atomic E-state index is 11.8. The van der Waals surface area contributed by atoms with Crippen molar-refractivity contribution in [3.8, 4) is 0 Å². The monoisotopic (exact) mass is 339 g/mol. The standard InChI is InChI=1S/C21H25NO3/c1-15(2)18-10-6-17(7-11-18)12-13-22-20(23)14-25-21(24)19-8-4-16(3)5-9-19/h4-11,15H,12-14H2,1-3H3,(H,22,23). The molecule has 0 heterocycles. The molecule has 4 nitrogen and oxygen atoms in total. The summed E-state index contributed by atoms with van der Waals surface area (Å²) < 4.78 is 5.02. The number of carbonyl (C=O) groups excluding carboxylic acids is 2. The van der Waals surface area contributed by atoms with Crippen LogP contribution in [0.1, 0.15) is 46.8 Å². The maximum Gasteiger partial charge on any atom is 0.338 e. The SMILES string of the molecule is Cc1ccc(C(=O)OCC(=O)NCCc2ccc(C(C)C)cc2)cc1. The van der Waals surface area contributed by atoms with Crippen molar-refractivity contribution in [2.75, 3.05) is 13.2 Å². The van der Waals surface area contributed by atoms with Crippen LogP contribution >= 0.6 is 0 Å². The van der Waals surface area contributed by atoms with Crippen molar-refractivity contribution >= 4 is 11.9 Å². The molecule has 132 valence electrons. The Morgan fingerprint density at radius 3 is 2.24 bits per heavy atom. The third-order valence-electron chi connectivity index (χ3n) is 4.00. The van der Waals surface area contributed by atoms with E-state index in [4.69, 9.17) is 4.74 Å². The van der Waals surface area contributed by atoms with Crippen molar-refractivity contribution in [3.63, 3.8) is 0 Å². The van der Waals surface area contributed by atoms with Gasteiger partial charge in [-0.15, -0.1) is 0 Å². The molecular weight excluding hydrogens is 314 g/mol. The zero-order valence-corrected chi connectivity index (χ0v) is 15.0. The number of rotatable bonds is 7. The lowest BCUT2D eigenvalue weighted by molar-refractivity contribution is -0.124. The minimum atomic E-state index is -0.487. The summed E-state index contributed by atoms with van der Waals surface area (Å²) in [6.45, 7) is 6.51. The van der Waals surface area contributed by atoms with Gasteiger partial charge in [0.25, 0.3) is 5.91 Å². The molecule has 0 aromatic heterocycles. The molecule has 2 rings (SSSR count). The van der Waals surface area contributed by atoms with Crippen LogP contribution in [0.4, 0.5) is 0 Å². The van der Waals surface area contributed by atoms with Crippen LogP contribution in [0.5, 0.6) is 0 Å². The lowest BCUT2D eigenvalue weighted by Gasteiger charge is -2.08. The normalized spacial score (nSPS) is 10.6. The second kappa shape index (κ2) is 9.02. The molecule has 2 aromatic rings. The van der Waals surface area contributed by atoms with Crippen LogP contribution in [0.15, 0.2) is 48.5 Å². The van der Waals surface area contributed by atoms with Gasteiger partial charge in [-0.05, 0) is 42.5 Å². The van der Waals surface area contributed by atoms with E-state index in [2.05, 4.69) is 43.4 Å². The molecular formula is C21H25NO3. The zero-order valence-electron chi connectivity index (χ0n) is 15.0. The summed E-state index contributed by atoms with van der Waals surface area (Å²) in [5.74, 6) is -0.268. The van der Waals surface area contributed by atoms with E-state index in [1.807, 2.05) is 19.1 Å². The number of nitrogens with one attached hydrogen (secondary N) is 1. The average molecular weight is 339 g/mol. The zero-order chi connectivity index (χ0) is 18.2. The van der Waals surface area contributed by atoms with E-state index in [9.17, 15) is 9.59 Å². The number of esters is 1. The molecule has 0 fully saturated rings. The van der Waals surface area contributed by atoms with Crippen molar-refractivity contribution in [2.24, 2.45) is 0 Å². The molecule has 0 atom stereocenters. The Hall–Kier alpha value is -2.62. The number of hydrogen-bond acceptors (Lipinski definition) is 3. The third kappa shape index (κ3) is 6.07. The number of amides is 1. The van der Waals surface area contributed by atoms with E-state index >= 15 is 0 Å². The average Bonchev–Trinajstić information content (AvgIpc) is 2.60. The van der Waals surface area contributed by atoms with E-state index < -0.39 is 5.97 Å². The first kappa shape index (κ1) is 18.7. The van der Waals surface area contributed by atoms with E-state index in [-0.39, 0.29) is 12.5 Å². The summed E-state index contributed by atoms with van der Waals surface area (Å²) in [6.07, 6.45) is 0.746. The van der Waals surface area contributed by atoms with Gasteiger partial charge >= 0.3 is 5.97 Å². The van der Waals surface area contributed by atoms with Gasteiger partial charge in [-0.2, -0.15) is 0 Å². The van der Waals surface area contributed by atoms with Crippen molar-refractivity contribution in [1.29, 1.82) is 0 Å². The molecule has 0 spiro atoms. The predicted octanol–water partition coefficient (Wildman–Crippen LogP) is 3.63. The summed E-state index contributed by atoms with van der Waals surface area (Å²) in [5, 5.41) is 2.77. The highest BCUT2D eigenvalue weighted by Crippen LogP contribution is 2.14. The molecule has 2 aromatic carbocycles. The van der Waals surface area contributed by atoms with Crippen LogP contribution in [0, 0.1) is 6.92 Å². The Morgan fingerprint density at radius 1 is 1.00 bits per heavy atom. The molecule has 0 unspecified atom stereocenters. The highest BCUT2D eigenvalue weighted by molar-refractivity contribution is 5.91. The molecule has 0 bridgehead atoms. The van der Waals surface area contributed by atoms with Crippen molar-refractivity contribution in [1.82, 2.24) is 5.32 Å². The minimum absolute atomic E-state index is 0.265. The molecule has 25 heavy (non-hydrogen) atoms. The Balaban J connectivity index is 1.70. The fourth-order valence-electron chi connectivity index (χ4n) is 2.37. The van der Waals surface area contributed by atoms with Crippen LogP contribution in [0.2, 0.25) is 0 Å². The highest BCUT2D eigenvalue weighted by Gasteiger charge is 2.09. The second-order valence-corrected chi connectivity index (χ2v) is 6.44. The van der Waals surface area contributed by atoms with Crippen LogP contribution < -0.4 is 5.32 Å². The first-order valence-corrected chi connectivity index (χ1v) is 8.55. The molecule has 0 aliphatic carbocycles. The van der Waals surface area contributed by atoms with E-state index in [0.29, 0.717) is 18.0 Å². The number of benzene rings is 2. The summed E-state index contributed by atoms with van der Waals surface area (Å²) in [4.78, 5) is 23.6. The maximum absolute atomic E-state index is 11.8. The third-order valence-corrected chi connectivity index (χ3v) is 4.00. The number of carbonyl (C=O) groups is 2. The molecule has 0 saturated carbocycles. The molecule has 0 aliphatic rings. The first-order chi connectivity index (χ1) is 12.0. The Morgan fingerprint density at radius 2 is 1.64 bits per heavy atom. The highest BCUT2D eigenvalue weighted by atomic mass is 16.5. The van der Waals surface area contributed by atoms with Crippen molar-refractivity contribution in [2.45, 2.75) is 33.1 Å². The number of aryl methyl sites for hydroxylation is 1. The molecule has 1 N–H and O–H groups in total. The van der Waals surface area contributed by atoms with Crippen LogP contribution in [-0.2, 0) is 16.0 Å². The van der Waals surface area contributed by atoms with Gasteiger partial charge in [0, 0.05) is 6.54 Å². The van der Waals surface area contributed by atoms with Gasteiger partial charge < -0.3 is 10.1 Å². The van der Waals surface area contributed by atoms with E-state index in [0.717, 1.165) is 12.0 Å². The molecule has 0 saturated heterocycles. The molecule has 0 radical (unpaired) electrons. The summed E-state index contributed by atoms with van der Waals surface area (Å²) in [6, 6.07) is 15.4. The van der Waals surface area contributed by atoms with E-state index in [1.165, 1.54) is 11.1 Å². The van der Waals surface area contributed by atoms with Gasteiger partial charge in [-0.25, -0.2) is 4.79 Å². The summed E-state index contributed by atoms with van der Waals surface area (Å²) in [5.41, 5.74) is 3.98. The van der Waals surface area contributed by atoms with E-state index in [1.54, 1.807) is 12.1 Å². The summed E-state index contributed by atoms with van der Waals surface area (Å²) in [7, 11) is 0. The smallest absolute Gasteiger partial charge is 0.338 e. The Bertz CT molecular complexity index is 703. The Labute approximate surface area is 149 Å². The van der Waals surface area contributed by atoms with Crippen LogP contribution in [0.3, 0.4) is 0 Å². The van der Waals surface area contributed by atoms with Gasteiger partial charge in [-0.1, -0.05) is 55.8 Å². The predicted molar refractivity (Wildman–Crippen MR) is 98.7 cm³/mol. The number of ether oxygens (including phenoxy) is 1. The Kier molecular flexibility index (Phi) is 6.75. The first-order valence-electron chi connectivity index (χ1n) is 8.55. The molecule has 4 heteroatoms. The lowest BCUT2D eigenvalue weighted by atomic mass is 10.0. The van der Waals surface area contributed by atoms with Gasteiger partial charge in [0.1, 0.15) is 0 Å². The van der Waals surface area contributed by atoms with Crippen LogP contribution in [-0.4, -0.2) is 25.0 Å². The van der Waals surface area contributed by atoms with Crippen molar-refractivity contribution < 1.29 is 14.3 Å². The molecule has 1 amide bonds. The lowest BCUT2D eigenvalue weighted by Crippen LogP contribution is -2.30. The van der Waals surface area contributed by atoms with Crippen molar-refractivity contribution in [3.05, 3.63) is 70.8 Å². The van der Waals surface area contributed by atoms with Gasteiger partial charge in [-0.3, -0.25) is 4.79 Å².